The maximum absolute atomic E-state index is 11.7. The van der Waals surface area contributed by atoms with Gasteiger partial charge in [-0.1, -0.05) is 53.9 Å². The second-order valence-electron chi connectivity index (χ2n) is 6.57. The van der Waals surface area contributed by atoms with E-state index in [1.54, 1.807) is 0 Å². The molecule has 0 radical (unpaired) electrons. The van der Waals surface area contributed by atoms with Gasteiger partial charge in [0.15, 0.2) is 0 Å². The van der Waals surface area contributed by atoms with Crippen LogP contribution in [-0.2, 0) is 4.79 Å². The Morgan fingerprint density at radius 1 is 1.21 bits per heavy atom. The third kappa shape index (κ3) is 3.73. The van der Waals surface area contributed by atoms with Crippen molar-refractivity contribution in [2.75, 3.05) is 0 Å². The zero-order chi connectivity index (χ0) is 14.5. The van der Waals surface area contributed by atoms with Gasteiger partial charge >= 0.3 is 0 Å². The van der Waals surface area contributed by atoms with Crippen molar-refractivity contribution in [3.8, 4) is 0 Å². The molecule has 3 unspecified atom stereocenters. The van der Waals surface area contributed by atoms with Crippen molar-refractivity contribution in [3.63, 3.8) is 0 Å². The van der Waals surface area contributed by atoms with Crippen LogP contribution in [0.3, 0.4) is 0 Å². The highest BCUT2D eigenvalue weighted by molar-refractivity contribution is 5.75. The molecule has 2 heteroatoms. The summed E-state index contributed by atoms with van der Waals surface area (Å²) >= 11 is 0. The molecular weight excluding hydrogens is 234 g/mol. The highest BCUT2D eigenvalue weighted by atomic mass is 16.1. The normalized spacial score (nSPS) is 30.7. The van der Waals surface area contributed by atoms with E-state index in [1.807, 2.05) is 6.92 Å². The van der Waals surface area contributed by atoms with Crippen molar-refractivity contribution in [2.45, 2.75) is 85.6 Å². The van der Waals surface area contributed by atoms with Gasteiger partial charge in [-0.2, -0.15) is 0 Å². The van der Waals surface area contributed by atoms with E-state index in [-0.39, 0.29) is 5.91 Å². The van der Waals surface area contributed by atoms with Gasteiger partial charge in [-0.05, 0) is 36.5 Å². The predicted molar refractivity (Wildman–Crippen MR) is 82.0 cm³/mol. The molecule has 1 saturated carbocycles. The summed E-state index contributed by atoms with van der Waals surface area (Å²) in [5, 5.41) is 3.24. The Bertz CT molecular complexity index is 277. The Kier molecular flexibility index (Phi) is 6.35. The van der Waals surface area contributed by atoms with E-state index < -0.39 is 0 Å². The summed E-state index contributed by atoms with van der Waals surface area (Å²) in [6.45, 7) is 11.4. The molecule has 1 fully saturated rings. The molecule has 1 amide bonds. The number of amides is 1. The lowest BCUT2D eigenvalue weighted by Gasteiger charge is -2.49. The fourth-order valence-corrected chi connectivity index (χ4v) is 3.99. The Labute approximate surface area is 119 Å². The average Bonchev–Trinajstić information content (AvgIpc) is 2.45. The van der Waals surface area contributed by atoms with Gasteiger partial charge in [0.05, 0.1) is 0 Å². The van der Waals surface area contributed by atoms with Crippen molar-refractivity contribution in [1.29, 1.82) is 0 Å². The molecule has 1 N–H and O–H groups in total. The minimum atomic E-state index is 0.217. The molecular formula is C17H33NO. The smallest absolute Gasteiger partial charge is 0.219 e. The van der Waals surface area contributed by atoms with Gasteiger partial charge in [0, 0.05) is 12.5 Å². The van der Waals surface area contributed by atoms with Gasteiger partial charge in [0.25, 0.3) is 0 Å². The fraction of sp³-hybridized carbons (Fsp3) is 0.941. The van der Waals surface area contributed by atoms with Crippen molar-refractivity contribution in [2.24, 2.45) is 17.3 Å². The monoisotopic (exact) mass is 267 g/mol. The summed E-state index contributed by atoms with van der Waals surface area (Å²) < 4.78 is 0. The summed E-state index contributed by atoms with van der Waals surface area (Å²) in [7, 11) is 0. The van der Waals surface area contributed by atoms with Crippen molar-refractivity contribution in [1.82, 2.24) is 5.32 Å². The van der Waals surface area contributed by atoms with Crippen LogP contribution >= 0.6 is 0 Å². The largest absolute Gasteiger partial charge is 0.353 e. The fourth-order valence-electron chi connectivity index (χ4n) is 3.99. The van der Waals surface area contributed by atoms with Crippen LogP contribution in [0.5, 0.6) is 0 Å². The maximum Gasteiger partial charge on any atom is 0.219 e. The van der Waals surface area contributed by atoms with Crippen molar-refractivity contribution in [3.05, 3.63) is 0 Å². The van der Waals surface area contributed by atoms with Crippen molar-refractivity contribution >= 4 is 5.91 Å². The SMILES string of the molecule is CCC(=O)NC1CCCC(C(C)CC)(C(C)CC)C1. The first-order valence-corrected chi connectivity index (χ1v) is 8.29. The highest BCUT2D eigenvalue weighted by Gasteiger charge is 2.43. The van der Waals surface area contributed by atoms with Gasteiger partial charge in [0.1, 0.15) is 0 Å². The van der Waals surface area contributed by atoms with Gasteiger partial charge < -0.3 is 5.32 Å². The molecule has 2 nitrogen and oxygen atoms in total. The maximum atomic E-state index is 11.7. The van der Waals surface area contributed by atoms with E-state index in [1.165, 1.54) is 38.5 Å². The predicted octanol–water partition coefficient (Wildman–Crippen LogP) is 4.53. The van der Waals surface area contributed by atoms with Gasteiger partial charge in [-0.25, -0.2) is 0 Å². The first kappa shape index (κ1) is 16.5. The van der Waals surface area contributed by atoms with Crippen LogP contribution in [0, 0.1) is 17.3 Å². The number of carbonyl (C=O) groups excluding carboxylic acids is 1. The number of rotatable bonds is 6. The average molecular weight is 267 g/mol. The van der Waals surface area contributed by atoms with Crippen LogP contribution in [0.4, 0.5) is 0 Å². The molecule has 1 aliphatic rings. The van der Waals surface area contributed by atoms with E-state index >= 15 is 0 Å². The van der Waals surface area contributed by atoms with Gasteiger partial charge in [-0.15, -0.1) is 0 Å². The standard InChI is InChI=1S/C17H33NO/c1-6-13(4)17(14(5)7-2)11-9-10-15(12-17)18-16(19)8-3/h13-15H,6-12H2,1-5H3,(H,18,19). The van der Waals surface area contributed by atoms with E-state index in [2.05, 4.69) is 33.0 Å². The molecule has 3 atom stereocenters. The Morgan fingerprint density at radius 2 is 1.79 bits per heavy atom. The minimum Gasteiger partial charge on any atom is -0.353 e. The molecule has 0 aromatic rings. The number of carbonyl (C=O) groups is 1. The Balaban J connectivity index is 2.82. The molecule has 0 bridgehead atoms. The summed E-state index contributed by atoms with van der Waals surface area (Å²) in [6, 6.07) is 0.407. The molecule has 0 aromatic carbocycles. The van der Waals surface area contributed by atoms with Gasteiger partial charge in [-0.3, -0.25) is 4.79 Å². The molecule has 0 aliphatic heterocycles. The third-order valence-corrected chi connectivity index (χ3v) is 5.70. The summed E-state index contributed by atoms with van der Waals surface area (Å²) in [6.07, 6.45) is 8.07. The number of hydrogen-bond donors (Lipinski definition) is 1. The summed E-state index contributed by atoms with van der Waals surface area (Å²) in [4.78, 5) is 11.7. The lowest BCUT2D eigenvalue weighted by atomic mass is 9.57. The second kappa shape index (κ2) is 7.31. The molecule has 0 aromatic heterocycles. The molecule has 112 valence electrons. The van der Waals surface area contributed by atoms with E-state index in [4.69, 9.17) is 0 Å². The first-order chi connectivity index (χ1) is 9.00. The minimum absolute atomic E-state index is 0.217. The van der Waals surface area contributed by atoms with Crippen LogP contribution in [0.1, 0.15) is 79.6 Å². The van der Waals surface area contributed by atoms with Crippen LogP contribution in [0.25, 0.3) is 0 Å². The van der Waals surface area contributed by atoms with Gasteiger partial charge in [0.2, 0.25) is 5.91 Å². The second-order valence-corrected chi connectivity index (χ2v) is 6.57. The number of hydrogen-bond acceptors (Lipinski definition) is 1. The molecule has 0 heterocycles. The highest BCUT2D eigenvalue weighted by Crippen LogP contribution is 2.50. The Morgan fingerprint density at radius 3 is 2.26 bits per heavy atom. The molecule has 1 aliphatic carbocycles. The first-order valence-electron chi connectivity index (χ1n) is 8.29. The quantitative estimate of drug-likeness (QED) is 0.752. The molecule has 19 heavy (non-hydrogen) atoms. The topological polar surface area (TPSA) is 29.1 Å². The van der Waals surface area contributed by atoms with E-state index in [9.17, 15) is 4.79 Å². The van der Waals surface area contributed by atoms with Crippen molar-refractivity contribution < 1.29 is 4.79 Å². The molecule has 0 saturated heterocycles. The zero-order valence-electron chi connectivity index (χ0n) is 13.6. The molecule has 1 rings (SSSR count). The van der Waals surface area contributed by atoms with Crippen LogP contribution in [0.2, 0.25) is 0 Å². The third-order valence-electron chi connectivity index (χ3n) is 5.70. The zero-order valence-corrected chi connectivity index (χ0v) is 13.6. The van der Waals surface area contributed by atoms with E-state index in [0.29, 0.717) is 17.9 Å². The Hall–Kier alpha value is -0.530. The van der Waals surface area contributed by atoms with Crippen LogP contribution in [0.15, 0.2) is 0 Å². The summed E-state index contributed by atoms with van der Waals surface area (Å²) in [5.74, 6) is 1.72. The summed E-state index contributed by atoms with van der Waals surface area (Å²) in [5.41, 5.74) is 0.438. The molecule has 0 spiro atoms. The van der Waals surface area contributed by atoms with Crippen LogP contribution in [-0.4, -0.2) is 11.9 Å². The lowest BCUT2D eigenvalue weighted by molar-refractivity contribution is -0.122. The number of nitrogens with one attached hydrogen (secondary N) is 1. The van der Waals surface area contributed by atoms with Crippen LogP contribution < -0.4 is 5.32 Å². The lowest BCUT2D eigenvalue weighted by Crippen LogP contribution is -2.47. The van der Waals surface area contributed by atoms with E-state index in [0.717, 1.165) is 11.8 Å².